The maximum absolute atomic E-state index is 11.3. The van der Waals surface area contributed by atoms with Crippen molar-refractivity contribution in [2.24, 2.45) is 0 Å². The standard InChI is InChI=1S/C11H10ClN3OS/c12-7-3-1-2-4-9(7)17-6-10-14-5-8(13)11(16)15-10/h1-5H,6,13H2,(H,14,15,16). The van der Waals surface area contributed by atoms with Crippen LogP contribution in [0.4, 0.5) is 5.69 Å². The van der Waals surface area contributed by atoms with Gasteiger partial charge in [-0.1, -0.05) is 23.7 Å². The van der Waals surface area contributed by atoms with Crippen molar-refractivity contribution >= 4 is 29.1 Å². The average molecular weight is 268 g/mol. The van der Waals surface area contributed by atoms with E-state index in [1.807, 2.05) is 24.3 Å². The van der Waals surface area contributed by atoms with E-state index < -0.39 is 0 Å². The molecule has 0 fully saturated rings. The Morgan fingerprint density at radius 1 is 1.41 bits per heavy atom. The predicted molar refractivity (Wildman–Crippen MR) is 70.3 cm³/mol. The van der Waals surface area contributed by atoms with Gasteiger partial charge in [-0.15, -0.1) is 11.8 Å². The number of benzene rings is 1. The molecule has 0 bridgehead atoms. The van der Waals surface area contributed by atoms with Crippen LogP contribution in [0.1, 0.15) is 5.82 Å². The second kappa shape index (κ2) is 5.25. The van der Waals surface area contributed by atoms with Gasteiger partial charge in [0, 0.05) is 4.90 Å². The quantitative estimate of drug-likeness (QED) is 0.837. The molecule has 0 saturated heterocycles. The Morgan fingerprint density at radius 3 is 2.88 bits per heavy atom. The lowest BCUT2D eigenvalue weighted by atomic mass is 10.4. The summed E-state index contributed by atoms with van der Waals surface area (Å²) >= 11 is 7.52. The third-order valence-corrected chi connectivity index (χ3v) is 3.61. The number of rotatable bonds is 3. The number of aromatic amines is 1. The van der Waals surface area contributed by atoms with Crippen molar-refractivity contribution in [3.63, 3.8) is 0 Å². The van der Waals surface area contributed by atoms with E-state index in [1.165, 1.54) is 18.0 Å². The first-order valence-electron chi connectivity index (χ1n) is 4.88. The van der Waals surface area contributed by atoms with Gasteiger partial charge in [0.25, 0.3) is 5.56 Å². The molecular weight excluding hydrogens is 258 g/mol. The van der Waals surface area contributed by atoms with Crippen molar-refractivity contribution in [1.29, 1.82) is 0 Å². The summed E-state index contributed by atoms with van der Waals surface area (Å²) in [7, 11) is 0. The van der Waals surface area contributed by atoms with Crippen LogP contribution >= 0.6 is 23.4 Å². The minimum absolute atomic E-state index is 0.122. The molecule has 0 radical (unpaired) electrons. The topological polar surface area (TPSA) is 71.8 Å². The molecule has 4 nitrogen and oxygen atoms in total. The molecule has 0 spiro atoms. The van der Waals surface area contributed by atoms with Crippen LogP contribution in [0.3, 0.4) is 0 Å². The summed E-state index contributed by atoms with van der Waals surface area (Å²) in [4.78, 5) is 18.9. The number of nitrogens with two attached hydrogens (primary N) is 1. The number of hydrogen-bond donors (Lipinski definition) is 2. The highest BCUT2D eigenvalue weighted by atomic mass is 35.5. The van der Waals surface area contributed by atoms with E-state index in [-0.39, 0.29) is 11.2 Å². The number of H-pyrrole nitrogens is 1. The van der Waals surface area contributed by atoms with Crippen LogP contribution in [0.5, 0.6) is 0 Å². The summed E-state index contributed by atoms with van der Waals surface area (Å²) in [6.07, 6.45) is 1.36. The zero-order valence-electron chi connectivity index (χ0n) is 8.81. The van der Waals surface area contributed by atoms with E-state index in [4.69, 9.17) is 17.3 Å². The first kappa shape index (κ1) is 12.0. The molecule has 0 aliphatic rings. The van der Waals surface area contributed by atoms with Gasteiger partial charge in [0.2, 0.25) is 0 Å². The highest BCUT2D eigenvalue weighted by Gasteiger charge is 2.03. The minimum Gasteiger partial charge on any atom is -0.393 e. The fourth-order valence-corrected chi connectivity index (χ4v) is 2.34. The Balaban J connectivity index is 2.10. The molecule has 2 rings (SSSR count). The molecule has 0 unspecified atom stereocenters. The predicted octanol–water partition coefficient (Wildman–Crippen LogP) is 2.30. The first-order chi connectivity index (χ1) is 8.16. The highest BCUT2D eigenvalue weighted by molar-refractivity contribution is 7.98. The summed E-state index contributed by atoms with van der Waals surface area (Å²) in [5, 5.41) is 0.690. The molecule has 0 atom stereocenters. The number of nitrogen functional groups attached to an aromatic ring is 1. The summed E-state index contributed by atoms with van der Waals surface area (Å²) < 4.78 is 0. The van der Waals surface area contributed by atoms with Crippen LogP contribution in [0.15, 0.2) is 40.2 Å². The van der Waals surface area contributed by atoms with E-state index in [0.717, 1.165) is 4.90 Å². The van der Waals surface area contributed by atoms with Crippen LogP contribution in [0.2, 0.25) is 5.02 Å². The number of hydrogen-bond acceptors (Lipinski definition) is 4. The summed E-state index contributed by atoms with van der Waals surface area (Å²) in [6, 6.07) is 7.52. The Labute approximate surface area is 107 Å². The average Bonchev–Trinajstić information content (AvgIpc) is 2.32. The van der Waals surface area contributed by atoms with E-state index in [2.05, 4.69) is 9.97 Å². The van der Waals surface area contributed by atoms with Gasteiger partial charge < -0.3 is 10.7 Å². The SMILES string of the molecule is Nc1cnc(CSc2ccccc2Cl)[nH]c1=O. The van der Waals surface area contributed by atoms with Crippen molar-refractivity contribution in [2.45, 2.75) is 10.6 Å². The van der Waals surface area contributed by atoms with E-state index in [1.54, 1.807) is 0 Å². The molecule has 6 heteroatoms. The van der Waals surface area contributed by atoms with Crippen molar-refractivity contribution in [2.75, 3.05) is 5.73 Å². The fraction of sp³-hybridized carbons (Fsp3) is 0.0909. The Kier molecular flexibility index (Phi) is 3.71. The van der Waals surface area contributed by atoms with Crippen LogP contribution < -0.4 is 11.3 Å². The van der Waals surface area contributed by atoms with Gasteiger partial charge in [-0.2, -0.15) is 0 Å². The summed E-state index contributed by atoms with van der Waals surface area (Å²) in [6.45, 7) is 0. The van der Waals surface area contributed by atoms with Gasteiger partial charge in [-0.25, -0.2) is 4.98 Å². The smallest absolute Gasteiger partial charge is 0.274 e. The second-order valence-corrected chi connectivity index (χ2v) is 4.76. The molecule has 0 amide bonds. The van der Waals surface area contributed by atoms with E-state index in [9.17, 15) is 4.79 Å². The van der Waals surface area contributed by atoms with Gasteiger partial charge in [0.05, 0.1) is 17.0 Å². The van der Waals surface area contributed by atoms with Crippen molar-refractivity contribution in [3.05, 3.63) is 51.7 Å². The number of nitrogens with one attached hydrogen (secondary N) is 1. The lowest BCUT2D eigenvalue weighted by Gasteiger charge is -2.03. The number of aromatic nitrogens is 2. The second-order valence-electron chi connectivity index (χ2n) is 3.33. The Bertz CT molecular complexity index is 585. The highest BCUT2D eigenvalue weighted by Crippen LogP contribution is 2.28. The lowest BCUT2D eigenvalue weighted by Crippen LogP contribution is -2.14. The number of nitrogens with zero attached hydrogens (tertiary/aromatic N) is 1. The Hall–Kier alpha value is -1.46. The van der Waals surface area contributed by atoms with Gasteiger partial charge in [-0.05, 0) is 12.1 Å². The molecular formula is C11H10ClN3OS. The molecule has 88 valence electrons. The zero-order valence-corrected chi connectivity index (χ0v) is 10.4. The maximum atomic E-state index is 11.3. The summed E-state index contributed by atoms with van der Waals surface area (Å²) in [5.41, 5.74) is 5.20. The van der Waals surface area contributed by atoms with Crippen molar-refractivity contribution < 1.29 is 0 Å². The van der Waals surface area contributed by atoms with E-state index >= 15 is 0 Å². The first-order valence-corrected chi connectivity index (χ1v) is 6.24. The molecule has 0 aliphatic heterocycles. The fourth-order valence-electron chi connectivity index (χ4n) is 1.22. The zero-order chi connectivity index (χ0) is 12.3. The normalized spacial score (nSPS) is 10.4. The number of thioether (sulfide) groups is 1. The van der Waals surface area contributed by atoms with Crippen LogP contribution in [0.25, 0.3) is 0 Å². The molecule has 1 heterocycles. The monoisotopic (exact) mass is 267 g/mol. The molecule has 2 aromatic rings. The van der Waals surface area contributed by atoms with Gasteiger partial charge >= 0.3 is 0 Å². The Morgan fingerprint density at radius 2 is 2.18 bits per heavy atom. The van der Waals surface area contributed by atoms with Crippen LogP contribution in [-0.2, 0) is 5.75 Å². The van der Waals surface area contributed by atoms with Crippen LogP contribution in [-0.4, -0.2) is 9.97 Å². The van der Waals surface area contributed by atoms with Crippen molar-refractivity contribution in [3.8, 4) is 0 Å². The van der Waals surface area contributed by atoms with Gasteiger partial charge in [0.15, 0.2) is 0 Å². The van der Waals surface area contributed by atoms with Crippen molar-refractivity contribution in [1.82, 2.24) is 9.97 Å². The summed E-state index contributed by atoms with van der Waals surface area (Å²) in [5.74, 6) is 1.12. The number of halogens is 1. The van der Waals surface area contributed by atoms with Gasteiger partial charge in [0.1, 0.15) is 11.5 Å². The molecule has 17 heavy (non-hydrogen) atoms. The molecule has 0 saturated carbocycles. The lowest BCUT2D eigenvalue weighted by molar-refractivity contribution is 1.01. The molecule has 1 aromatic carbocycles. The maximum Gasteiger partial charge on any atom is 0.274 e. The van der Waals surface area contributed by atoms with Gasteiger partial charge in [-0.3, -0.25) is 4.79 Å². The number of anilines is 1. The van der Waals surface area contributed by atoms with Crippen LogP contribution in [0, 0.1) is 0 Å². The molecule has 0 aliphatic carbocycles. The largest absolute Gasteiger partial charge is 0.393 e. The third-order valence-electron chi connectivity index (χ3n) is 2.08. The van der Waals surface area contributed by atoms with E-state index in [0.29, 0.717) is 16.6 Å². The molecule has 1 aromatic heterocycles. The minimum atomic E-state index is -0.310. The molecule has 3 N–H and O–H groups in total. The third kappa shape index (κ3) is 3.01.